The van der Waals surface area contributed by atoms with E-state index in [9.17, 15) is 9.59 Å². The molecule has 3 atom stereocenters. The zero-order valence-corrected chi connectivity index (χ0v) is 19.8. The van der Waals surface area contributed by atoms with Crippen LogP contribution in [-0.4, -0.2) is 18.2 Å². The monoisotopic (exact) mass is 459 g/mol. The number of hydrogen-bond acceptors (Lipinski definition) is 2. The summed E-state index contributed by atoms with van der Waals surface area (Å²) in [7, 11) is 0. The van der Waals surface area contributed by atoms with Crippen molar-refractivity contribution in [2.24, 2.45) is 5.92 Å². The quantitative estimate of drug-likeness (QED) is 0.302. The van der Waals surface area contributed by atoms with Crippen molar-refractivity contribution >= 4 is 11.7 Å². The van der Waals surface area contributed by atoms with E-state index < -0.39 is 0 Å². The lowest BCUT2D eigenvalue weighted by molar-refractivity contribution is 0.0944. The summed E-state index contributed by atoms with van der Waals surface area (Å²) < 4.78 is 0. The van der Waals surface area contributed by atoms with Crippen LogP contribution in [0.1, 0.15) is 62.1 Å². The number of nitrogens with one attached hydrogen (secondary N) is 1. The van der Waals surface area contributed by atoms with Crippen LogP contribution in [0.4, 0.5) is 0 Å². The van der Waals surface area contributed by atoms with Gasteiger partial charge in [0.25, 0.3) is 5.91 Å². The SMILES string of the molecule is C[C@@H](CNC(=O)c1ccc(C(=O)C2[C@@H](c3ccccc3)[C@@H]2c2ccccc2)cc1)c1ccccc1. The Balaban J connectivity index is 1.28. The van der Waals surface area contributed by atoms with Crippen LogP contribution < -0.4 is 5.32 Å². The number of carbonyl (C=O) groups excluding carboxylic acids is 2. The summed E-state index contributed by atoms with van der Waals surface area (Å²) in [6, 6.07) is 37.8. The number of benzene rings is 4. The minimum Gasteiger partial charge on any atom is -0.351 e. The van der Waals surface area contributed by atoms with Gasteiger partial charge in [0.2, 0.25) is 0 Å². The molecule has 3 nitrogen and oxygen atoms in total. The van der Waals surface area contributed by atoms with Crippen molar-refractivity contribution in [1.29, 1.82) is 0 Å². The maximum Gasteiger partial charge on any atom is 0.251 e. The van der Waals surface area contributed by atoms with Crippen LogP contribution in [-0.2, 0) is 0 Å². The third-order valence-electron chi connectivity index (χ3n) is 7.06. The molecule has 1 saturated carbocycles. The second-order valence-corrected chi connectivity index (χ2v) is 9.36. The Kier molecular flexibility index (Phi) is 6.58. The average molecular weight is 460 g/mol. The Morgan fingerprint density at radius 2 is 1.11 bits per heavy atom. The fourth-order valence-corrected chi connectivity index (χ4v) is 5.04. The van der Waals surface area contributed by atoms with Crippen molar-refractivity contribution in [3.63, 3.8) is 0 Å². The van der Waals surface area contributed by atoms with Gasteiger partial charge in [-0.1, -0.05) is 110 Å². The molecule has 0 unspecified atom stereocenters. The molecule has 3 heteroatoms. The molecule has 174 valence electrons. The molecule has 1 aliphatic carbocycles. The molecule has 1 aliphatic rings. The standard InChI is InChI=1S/C32H29NO2/c1-22(23-11-5-2-6-12-23)21-33-32(35)27-19-17-26(18-20-27)31(34)30-28(24-13-7-3-8-14-24)29(30)25-15-9-4-10-16-25/h2-20,22,28-30H,21H2,1H3,(H,33,35)/t22-,28-,29-/m0/s1. The fraction of sp³-hybridized carbons (Fsp3) is 0.188. The van der Waals surface area contributed by atoms with E-state index >= 15 is 0 Å². The number of ketones is 1. The topological polar surface area (TPSA) is 46.2 Å². The molecule has 0 heterocycles. The highest BCUT2D eigenvalue weighted by atomic mass is 16.1. The zero-order valence-electron chi connectivity index (χ0n) is 19.8. The van der Waals surface area contributed by atoms with Gasteiger partial charge in [0.05, 0.1) is 0 Å². The molecule has 1 N–H and O–H groups in total. The number of carbonyl (C=O) groups is 2. The smallest absolute Gasteiger partial charge is 0.251 e. The molecule has 4 aromatic carbocycles. The van der Waals surface area contributed by atoms with Gasteiger partial charge in [0, 0.05) is 35.4 Å². The largest absolute Gasteiger partial charge is 0.351 e. The number of amides is 1. The van der Waals surface area contributed by atoms with Crippen molar-refractivity contribution < 1.29 is 9.59 Å². The zero-order chi connectivity index (χ0) is 24.2. The first kappa shape index (κ1) is 22.8. The highest BCUT2D eigenvalue weighted by Gasteiger charge is 2.55. The van der Waals surface area contributed by atoms with E-state index in [2.05, 4.69) is 48.6 Å². The van der Waals surface area contributed by atoms with E-state index in [1.165, 1.54) is 16.7 Å². The lowest BCUT2D eigenvalue weighted by Gasteiger charge is -2.13. The predicted molar refractivity (Wildman–Crippen MR) is 140 cm³/mol. The molecule has 5 rings (SSSR count). The summed E-state index contributed by atoms with van der Waals surface area (Å²) in [6.45, 7) is 2.66. The maximum absolute atomic E-state index is 13.5. The Labute approximate surface area is 206 Å². The Morgan fingerprint density at radius 3 is 1.63 bits per heavy atom. The molecule has 0 saturated heterocycles. The van der Waals surface area contributed by atoms with Crippen LogP contribution in [0.25, 0.3) is 0 Å². The molecular formula is C32H29NO2. The highest BCUT2D eigenvalue weighted by molar-refractivity contribution is 6.02. The van der Waals surface area contributed by atoms with Gasteiger partial charge in [-0.05, 0) is 34.7 Å². The van der Waals surface area contributed by atoms with Crippen molar-refractivity contribution in [2.75, 3.05) is 6.54 Å². The number of rotatable bonds is 8. The summed E-state index contributed by atoms with van der Waals surface area (Å²) >= 11 is 0. The first-order chi connectivity index (χ1) is 17.1. The molecule has 1 fully saturated rings. The van der Waals surface area contributed by atoms with Gasteiger partial charge in [-0.2, -0.15) is 0 Å². The number of Topliss-reactive ketones (excluding diaryl/α,β-unsaturated/α-hetero) is 1. The number of hydrogen-bond donors (Lipinski definition) is 1. The van der Waals surface area contributed by atoms with E-state index in [4.69, 9.17) is 0 Å². The molecule has 35 heavy (non-hydrogen) atoms. The van der Waals surface area contributed by atoms with Gasteiger partial charge >= 0.3 is 0 Å². The van der Waals surface area contributed by atoms with Gasteiger partial charge in [-0.15, -0.1) is 0 Å². The Morgan fingerprint density at radius 1 is 0.657 bits per heavy atom. The summed E-state index contributed by atoms with van der Waals surface area (Å²) in [6.07, 6.45) is 0. The molecule has 1 amide bonds. The third kappa shape index (κ3) is 4.95. The molecule has 0 spiro atoms. The lowest BCUT2D eigenvalue weighted by atomic mass is 10.00. The third-order valence-corrected chi connectivity index (χ3v) is 7.06. The van der Waals surface area contributed by atoms with Crippen LogP contribution in [0.3, 0.4) is 0 Å². The van der Waals surface area contributed by atoms with Crippen molar-refractivity contribution in [1.82, 2.24) is 5.32 Å². The van der Waals surface area contributed by atoms with Crippen LogP contribution in [0.15, 0.2) is 115 Å². The first-order valence-corrected chi connectivity index (χ1v) is 12.2. The minimum absolute atomic E-state index is 0.0915. The van der Waals surface area contributed by atoms with Gasteiger partial charge in [-0.25, -0.2) is 0 Å². The molecule has 0 radical (unpaired) electrons. The molecule has 0 bridgehead atoms. The van der Waals surface area contributed by atoms with Gasteiger partial charge in [0.1, 0.15) is 0 Å². The first-order valence-electron chi connectivity index (χ1n) is 12.2. The van der Waals surface area contributed by atoms with Crippen LogP contribution in [0, 0.1) is 5.92 Å². The van der Waals surface area contributed by atoms with E-state index in [0.717, 1.165) is 0 Å². The van der Waals surface area contributed by atoms with Gasteiger partial charge in [-0.3, -0.25) is 9.59 Å². The summed E-state index contributed by atoms with van der Waals surface area (Å²) in [4.78, 5) is 26.2. The fourth-order valence-electron chi connectivity index (χ4n) is 5.04. The summed E-state index contributed by atoms with van der Waals surface area (Å²) in [5.41, 5.74) is 4.81. The normalized spacial score (nSPS) is 19.5. The minimum atomic E-state index is -0.123. The van der Waals surface area contributed by atoms with Gasteiger partial charge < -0.3 is 5.32 Å². The summed E-state index contributed by atoms with van der Waals surface area (Å²) in [5, 5.41) is 3.01. The summed E-state index contributed by atoms with van der Waals surface area (Å²) in [5.74, 6) is 0.494. The second-order valence-electron chi connectivity index (χ2n) is 9.36. The Bertz CT molecular complexity index is 1240. The van der Waals surface area contributed by atoms with Crippen molar-refractivity contribution in [3.8, 4) is 0 Å². The van der Waals surface area contributed by atoms with E-state index in [0.29, 0.717) is 17.7 Å². The van der Waals surface area contributed by atoms with Crippen LogP contribution in [0.5, 0.6) is 0 Å². The van der Waals surface area contributed by atoms with Crippen LogP contribution >= 0.6 is 0 Å². The van der Waals surface area contributed by atoms with E-state index in [1.54, 1.807) is 24.3 Å². The van der Waals surface area contributed by atoms with Gasteiger partial charge in [0.15, 0.2) is 5.78 Å². The molecule has 4 aromatic rings. The van der Waals surface area contributed by atoms with E-state index in [-0.39, 0.29) is 35.4 Å². The van der Waals surface area contributed by atoms with Crippen molar-refractivity contribution in [3.05, 3.63) is 143 Å². The molecule has 0 aliphatic heterocycles. The van der Waals surface area contributed by atoms with Crippen molar-refractivity contribution in [2.45, 2.75) is 24.7 Å². The molecular weight excluding hydrogens is 430 g/mol. The van der Waals surface area contributed by atoms with Crippen LogP contribution in [0.2, 0.25) is 0 Å². The predicted octanol–water partition coefficient (Wildman–Crippen LogP) is 6.60. The lowest BCUT2D eigenvalue weighted by Crippen LogP contribution is -2.27. The molecule has 0 aromatic heterocycles. The maximum atomic E-state index is 13.5. The average Bonchev–Trinajstić information content (AvgIpc) is 3.68. The van der Waals surface area contributed by atoms with E-state index in [1.807, 2.05) is 54.6 Å². The second kappa shape index (κ2) is 10.1. The highest BCUT2D eigenvalue weighted by Crippen LogP contribution is 2.61. The Hall–Kier alpha value is -3.98.